The summed E-state index contributed by atoms with van der Waals surface area (Å²) in [6.07, 6.45) is 46.2. The summed E-state index contributed by atoms with van der Waals surface area (Å²) < 4.78 is 26.2. The average Bonchev–Trinajstić information content (AvgIpc) is 3.12. The lowest BCUT2D eigenvalue weighted by Crippen LogP contribution is -2.29. The van der Waals surface area contributed by atoms with E-state index in [1.807, 2.05) is 12.2 Å². The minimum absolute atomic E-state index is 0.0224. The van der Waals surface area contributed by atoms with Crippen molar-refractivity contribution in [3.8, 4) is 0 Å². The molecule has 0 aromatic rings. The molecule has 0 saturated heterocycles. The fourth-order valence-electron chi connectivity index (χ4n) is 5.02. The summed E-state index contributed by atoms with van der Waals surface area (Å²) in [5.74, 6) is -1.12. The van der Waals surface area contributed by atoms with E-state index in [0.717, 1.165) is 64.2 Å². The third-order valence-corrected chi connectivity index (χ3v) is 8.49. The first-order valence-electron chi connectivity index (χ1n) is 20.0. The van der Waals surface area contributed by atoms with Crippen molar-refractivity contribution in [2.45, 2.75) is 161 Å². The Morgan fingerprint density at radius 1 is 0.604 bits per heavy atom. The maximum Gasteiger partial charge on any atom is 0.469 e. The van der Waals surface area contributed by atoms with E-state index >= 15 is 0 Å². The van der Waals surface area contributed by atoms with E-state index in [9.17, 15) is 19.3 Å². The van der Waals surface area contributed by atoms with E-state index in [1.54, 1.807) is 12.2 Å². The third kappa shape index (κ3) is 40.2. The van der Waals surface area contributed by atoms with Crippen LogP contribution in [0.25, 0.3) is 0 Å². The van der Waals surface area contributed by atoms with E-state index in [-0.39, 0.29) is 19.4 Å². The lowest BCUT2D eigenvalue weighted by atomic mass is 10.1. The fourth-order valence-corrected chi connectivity index (χ4v) is 5.38. The van der Waals surface area contributed by atoms with E-state index < -0.39 is 38.6 Å². The second-order valence-electron chi connectivity index (χ2n) is 13.1. The Balaban J connectivity index is 4.20. The molecule has 0 aliphatic carbocycles. The van der Waals surface area contributed by atoms with Gasteiger partial charge in [-0.2, -0.15) is 0 Å². The van der Waals surface area contributed by atoms with E-state index in [0.29, 0.717) is 19.3 Å². The summed E-state index contributed by atoms with van der Waals surface area (Å²) >= 11 is 0. The van der Waals surface area contributed by atoms with Gasteiger partial charge >= 0.3 is 19.8 Å². The van der Waals surface area contributed by atoms with E-state index in [4.69, 9.17) is 19.3 Å². The van der Waals surface area contributed by atoms with Crippen LogP contribution in [-0.2, 0) is 28.2 Å². The zero-order valence-electron chi connectivity index (χ0n) is 32.7. The van der Waals surface area contributed by atoms with Crippen LogP contribution < -0.4 is 0 Å². The van der Waals surface area contributed by atoms with Crippen molar-refractivity contribution in [2.75, 3.05) is 13.2 Å². The molecule has 302 valence electrons. The van der Waals surface area contributed by atoms with Crippen LogP contribution in [0.1, 0.15) is 149 Å². The number of carbonyl (C=O) groups is 2. The average molecular weight is 763 g/mol. The van der Waals surface area contributed by atoms with Crippen LogP contribution in [0.2, 0.25) is 0 Å². The van der Waals surface area contributed by atoms with Crippen molar-refractivity contribution in [3.63, 3.8) is 0 Å². The molecular weight excluding hydrogens is 691 g/mol. The third-order valence-electron chi connectivity index (χ3n) is 8.00. The first kappa shape index (κ1) is 50.2. The molecule has 0 radical (unpaired) electrons. The minimum atomic E-state index is -4.82. The van der Waals surface area contributed by atoms with Crippen LogP contribution in [0.15, 0.2) is 85.1 Å². The standard InChI is InChI=1S/C43H71O9P/c1-3-5-7-9-11-13-15-17-18-19-20-22-24-26-28-30-32-36-42(45)50-38-41(39-51-53(47,48)49)52-43(46)37-33-35-40(44)34-31-29-27-25-23-21-16-14-12-10-8-6-4-2/h5,7,11,13,17-18,20-23,27,29,31,34,40-41,44H,3-4,6,8-10,12,14-16,19,24-26,28,30,32-33,35-39H2,1-2H3,(H2,47,48,49)/b7-5-,13-11-,18-17-,22-20-,23-21+,29-27+,34-31+/t40?,41-/m1/s1. The molecule has 1 unspecified atom stereocenters. The summed E-state index contributed by atoms with van der Waals surface area (Å²) in [7, 11) is -4.82. The molecule has 10 heteroatoms. The van der Waals surface area contributed by atoms with Crippen molar-refractivity contribution < 1.29 is 43.0 Å². The number of unbranched alkanes of at least 4 members (excludes halogenated alkanes) is 10. The number of hydrogen-bond acceptors (Lipinski definition) is 7. The van der Waals surface area contributed by atoms with Gasteiger partial charge in [0.25, 0.3) is 0 Å². The molecule has 0 aromatic heterocycles. The largest absolute Gasteiger partial charge is 0.469 e. The summed E-state index contributed by atoms with van der Waals surface area (Å²) in [6.45, 7) is 3.37. The highest BCUT2D eigenvalue weighted by Crippen LogP contribution is 2.36. The number of ether oxygens (including phenoxy) is 2. The van der Waals surface area contributed by atoms with Gasteiger partial charge in [0, 0.05) is 12.8 Å². The Hall–Kier alpha value is -2.81. The van der Waals surface area contributed by atoms with Crippen molar-refractivity contribution in [3.05, 3.63) is 85.1 Å². The van der Waals surface area contributed by atoms with Crippen LogP contribution in [0.4, 0.5) is 0 Å². The monoisotopic (exact) mass is 762 g/mol. The van der Waals surface area contributed by atoms with Gasteiger partial charge < -0.3 is 24.4 Å². The summed E-state index contributed by atoms with van der Waals surface area (Å²) in [5, 5.41) is 10.2. The predicted molar refractivity (Wildman–Crippen MR) is 217 cm³/mol. The number of phosphoric ester groups is 1. The van der Waals surface area contributed by atoms with Crippen LogP contribution in [0.5, 0.6) is 0 Å². The van der Waals surface area contributed by atoms with Gasteiger partial charge in [0.15, 0.2) is 6.10 Å². The SMILES string of the molecule is CC/C=C\C/C=C\C/C=C\C/C=C\CCCCCCC(=O)OC[C@H](COP(=O)(O)O)OC(=O)CCCC(O)/C=C/C=C/C/C=C/CCCCCCCC. The van der Waals surface area contributed by atoms with Gasteiger partial charge in [0.2, 0.25) is 0 Å². The molecule has 0 saturated carbocycles. The lowest BCUT2D eigenvalue weighted by molar-refractivity contribution is -0.161. The highest BCUT2D eigenvalue weighted by molar-refractivity contribution is 7.46. The Labute approximate surface area is 321 Å². The Morgan fingerprint density at radius 2 is 1.13 bits per heavy atom. The topological polar surface area (TPSA) is 140 Å². The number of esters is 2. The van der Waals surface area contributed by atoms with Gasteiger partial charge in [-0.15, -0.1) is 0 Å². The number of phosphoric acid groups is 1. The number of hydrogen-bond donors (Lipinski definition) is 3. The van der Waals surface area contributed by atoms with Gasteiger partial charge in [-0.25, -0.2) is 4.57 Å². The minimum Gasteiger partial charge on any atom is -0.462 e. The molecule has 0 bridgehead atoms. The van der Waals surface area contributed by atoms with E-state index in [2.05, 4.69) is 79.1 Å². The first-order valence-corrected chi connectivity index (χ1v) is 21.5. The summed E-state index contributed by atoms with van der Waals surface area (Å²) in [5.41, 5.74) is 0. The van der Waals surface area contributed by atoms with Crippen molar-refractivity contribution >= 4 is 19.8 Å². The number of rotatable bonds is 35. The van der Waals surface area contributed by atoms with Gasteiger partial charge in [-0.3, -0.25) is 14.1 Å². The molecule has 0 fully saturated rings. The zero-order valence-corrected chi connectivity index (χ0v) is 33.6. The van der Waals surface area contributed by atoms with Gasteiger partial charge in [-0.05, 0) is 77.0 Å². The van der Waals surface area contributed by atoms with Crippen molar-refractivity contribution in [1.82, 2.24) is 0 Å². The molecule has 0 rings (SSSR count). The second-order valence-corrected chi connectivity index (χ2v) is 14.3. The lowest BCUT2D eigenvalue weighted by Gasteiger charge is -2.18. The van der Waals surface area contributed by atoms with Crippen molar-refractivity contribution in [2.24, 2.45) is 0 Å². The molecule has 0 aliphatic heterocycles. The summed E-state index contributed by atoms with van der Waals surface area (Å²) in [4.78, 5) is 42.8. The van der Waals surface area contributed by atoms with Crippen LogP contribution in [0.3, 0.4) is 0 Å². The van der Waals surface area contributed by atoms with Crippen molar-refractivity contribution in [1.29, 1.82) is 0 Å². The smallest absolute Gasteiger partial charge is 0.462 e. The number of aliphatic hydroxyl groups is 1. The quantitative estimate of drug-likeness (QED) is 0.0189. The molecule has 9 nitrogen and oxygen atoms in total. The number of carbonyl (C=O) groups excluding carboxylic acids is 2. The normalized spacial score (nSPS) is 14.0. The highest BCUT2D eigenvalue weighted by atomic mass is 31.2. The number of aliphatic hydroxyl groups excluding tert-OH is 1. The summed E-state index contributed by atoms with van der Waals surface area (Å²) in [6, 6.07) is 0. The molecule has 53 heavy (non-hydrogen) atoms. The maximum atomic E-state index is 12.4. The van der Waals surface area contributed by atoms with E-state index in [1.165, 1.54) is 38.5 Å². The molecule has 0 aromatic carbocycles. The molecule has 2 atom stereocenters. The van der Waals surface area contributed by atoms with Crippen LogP contribution >= 0.6 is 7.82 Å². The fraction of sp³-hybridized carbons (Fsp3) is 0.628. The highest BCUT2D eigenvalue weighted by Gasteiger charge is 2.23. The van der Waals surface area contributed by atoms with Crippen LogP contribution in [-0.4, -0.2) is 52.3 Å². The molecule has 0 amide bonds. The Bertz CT molecular complexity index is 1150. The molecular formula is C43H71O9P. The molecule has 0 aliphatic rings. The zero-order chi connectivity index (χ0) is 39.1. The Kier molecular flexibility index (Phi) is 35.5. The van der Waals surface area contributed by atoms with Gasteiger partial charge in [0.05, 0.1) is 12.7 Å². The molecule has 3 N–H and O–H groups in total. The molecule has 0 heterocycles. The first-order chi connectivity index (χ1) is 25.7. The second kappa shape index (κ2) is 37.5. The van der Waals surface area contributed by atoms with Crippen LogP contribution in [0, 0.1) is 0 Å². The maximum absolute atomic E-state index is 12.4. The predicted octanol–water partition coefficient (Wildman–Crippen LogP) is 11.0. The van der Waals surface area contributed by atoms with Gasteiger partial charge in [-0.1, -0.05) is 144 Å². The molecule has 0 spiro atoms. The Morgan fingerprint density at radius 3 is 1.74 bits per heavy atom. The van der Waals surface area contributed by atoms with Gasteiger partial charge in [0.1, 0.15) is 6.61 Å². The number of allylic oxidation sites excluding steroid dienone is 13.